The summed E-state index contributed by atoms with van der Waals surface area (Å²) in [6.45, 7) is 2.18. The van der Waals surface area contributed by atoms with Gasteiger partial charge in [-0.15, -0.1) is 12.8 Å². The van der Waals surface area contributed by atoms with Crippen molar-refractivity contribution >= 4 is 14.3 Å². The predicted octanol–water partition coefficient (Wildman–Crippen LogP) is 1.17. The summed E-state index contributed by atoms with van der Waals surface area (Å²) in [6, 6.07) is 0. The van der Waals surface area contributed by atoms with Crippen molar-refractivity contribution in [3.8, 4) is 24.7 Å². The summed E-state index contributed by atoms with van der Waals surface area (Å²) < 4.78 is 0. The molecule has 1 heteroatoms. The lowest BCUT2D eigenvalue weighted by molar-refractivity contribution is 1.38. The van der Waals surface area contributed by atoms with Crippen LogP contribution in [-0.2, 0) is 0 Å². The second kappa shape index (κ2) is 3.90. The number of rotatable bonds is 0. The van der Waals surface area contributed by atoms with Gasteiger partial charge in [-0.3, -0.25) is 0 Å². The quantitative estimate of drug-likeness (QED) is 0.378. The van der Waals surface area contributed by atoms with Crippen molar-refractivity contribution in [2.45, 2.75) is 13.0 Å². The largest absolute Gasteiger partial charge is 0.115 e. The Balaban J connectivity index is 3.05. The van der Waals surface area contributed by atoms with E-state index in [4.69, 9.17) is 12.8 Å². The van der Waals surface area contributed by atoms with Crippen LogP contribution in [-0.4, -0.2) is 14.3 Å². The predicted molar refractivity (Wildman–Crippen MR) is 56.5 cm³/mol. The van der Waals surface area contributed by atoms with E-state index in [9.17, 15) is 0 Å². The molecular weight excluding hydrogens is 160 g/mol. The van der Waals surface area contributed by atoms with Gasteiger partial charge in [-0.1, -0.05) is 23.6 Å². The Morgan fingerprint density at radius 3 is 2.58 bits per heavy atom. The molecule has 0 saturated heterocycles. The Morgan fingerprint density at radius 1 is 1.33 bits per heavy atom. The molecule has 0 bridgehead atoms. The molecule has 1 rings (SSSR count). The molecule has 0 spiro atoms. The topological polar surface area (TPSA) is 0 Å². The maximum absolute atomic E-state index is 5.35. The molecule has 0 atom stereocenters. The zero-order valence-electron chi connectivity index (χ0n) is 7.09. The van der Waals surface area contributed by atoms with Gasteiger partial charge < -0.3 is 0 Å². The lowest BCUT2D eigenvalue weighted by Gasteiger charge is -2.10. The fourth-order valence-electron chi connectivity index (χ4n) is 1.15. The van der Waals surface area contributed by atoms with Crippen molar-refractivity contribution in [3.63, 3.8) is 0 Å². The average Bonchev–Trinajstić information content (AvgIpc) is 2.16. The van der Waals surface area contributed by atoms with Crippen molar-refractivity contribution in [3.05, 3.63) is 23.3 Å². The monoisotopic (exact) mass is 170 g/mol. The van der Waals surface area contributed by atoms with Crippen LogP contribution in [0.3, 0.4) is 0 Å². The molecule has 58 valence electrons. The van der Waals surface area contributed by atoms with Crippen LogP contribution >= 0.6 is 0 Å². The molecule has 0 nitrogen and oxygen atoms in total. The molecule has 0 fully saturated rings. The summed E-state index contributed by atoms with van der Waals surface area (Å²) in [5.41, 5.74) is 2.07. The van der Waals surface area contributed by atoms with Gasteiger partial charge in [-0.05, 0) is 21.3 Å². The fourth-order valence-corrected chi connectivity index (χ4v) is 2.06. The van der Waals surface area contributed by atoms with E-state index in [0.29, 0.717) is 9.13 Å². The normalized spacial score (nSPS) is 19.1. The van der Waals surface area contributed by atoms with Crippen LogP contribution in [0.15, 0.2) is 23.3 Å². The summed E-state index contributed by atoms with van der Waals surface area (Å²) >= 11 is 0. The van der Waals surface area contributed by atoms with E-state index < -0.39 is 0 Å². The Hall–Kier alpha value is -1.31. The standard InChI is InChI=1S/C11H10Si/c1-4-9-6-7-10(5-2)11(8-9)12-3/h1-2,6-7,12H,8H2,3H3. The minimum absolute atomic E-state index is 0.295. The third kappa shape index (κ3) is 1.64. The van der Waals surface area contributed by atoms with E-state index in [2.05, 4.69) is 18.4 Å². The zero-order valence-corrected chi connectivity index (χ0v) is 8.25. The molecule has 0 aromatic carbocycles. The van der Waals surface area contributed by atoms with Gasteiger partial charge in [0.05, 0.1) is 0 Å². The first kappa shape index (κ1) is 8.78. The highest BCUT2D eigenvalue weighted by Gasteiger charge is 2.07. The molecule has 0 aromatic rings. The smallest absolute Gasteiger partial charge is 0.0228 e. The van der Waals surface area contributed by atoms with E-state index in [1.165, 1.54) is 5.17 Å². The molecule has 0 aromatic heterocycles. The highest BCUT2D eigenvalue weighted by atomic mass is 28.2. The third-order valence-electron chi connectivity index (χ3n) is 1.87. The minimum Gasteiger partial charge on any atom is -0.115 e. The first-order chi connectivity index (χ1) is 5.81. The Morgan fingerprint density at radius 2 is 2.08 bits per heavy atom. The maximum atomic E-state index is 5.35. The van der Waals surface area contributed by atoms with Gasteiger partial charge in [-0.2, -0.15) is 0 Å². The van der Waals surface area contributed by atoms with Gasteiger partial charge in [0.15, 0.2) is 0 Å². The van der Waals surface area contributed by atoms with Gasteiger partial charge in [0.2, 0.25) is 0 Å². The van der Waals surface area contributed by atoms with Crippen molar-refractivity contribution in [1.82, 2.24) is 0 Å². The maximum Gasteiger partial charge on any atom is 0.0228 e. The first-order valence-electron chi connectivity index (χ1n) is 3.81. The van der Waals surface area contributed by atoms with Crippen LogP contribution < -0.4 is 0 Å². The van der Waals surface area contributed by atoms with Gasteiger partial charge in [0.1, 0.15) is 0 Å². The summed E-state index contributed by atoms with van der Waals surface area (Å²) in [7, 11) is 0.295. The van der Waals surface area contributed by atoms with Crippen LogP contribution in [0, 0.1) is 24.7 Å². The highest BCUT2D eigenvalue weighted by molar-refractivity contribution is 6.58. The van der Waals surface area contributed by atoms with Crippen LogP contribution in [0.5, 0.6) is 0 Å². The zero-order chi connectivity index (χ0) is 8.97. The van der Waals surface area contributed by atoms with Crippen LogP contribution in [0.1, 0.15) is 6.42 Å². The number of hydrogen-bond acceptors (Lipinski definition) is 0. The molecular formula is C11H10Si. The Bertz CT molecular complexity index is 353. The van der Waals surface area contributed by atoms with Crippen LogP contribution in [0.4, 0.5) is 0 Å². The van der Waals surface area contributed by atoms with E-state index in [-0.39, 0.29) is 0 Å². The molecule has 0 N–H and O–H groups in total. The molecule has 0 aliphatic heterocycles. The molecule has 0 amide bonds. The second-order valence-corrected chi connectivity index (χ2v) is 3.83. The minimum atomic E-state index is 0.295. The number of hydrogen-bond donors (Lipinski definition) is 0. The second-order valence-electron chi connectivity index (χ2n) is 2.55. The van der Waals surface area contributed by atoms with Gasteiger partial charge in [0.25, 0.3) is 0 Å². The number of allylic oxidation sites excluding steroid dienone is 4. The van der Waals surface area contributed by atoms with E-state index in [1.807, 2.05) is 12.2 Å². The van der Waals surface area contributed by atoms with E-state index in [1.54, 1.807) is 0 Å². The van der Waals surface area contributed by atoms with Gasteiger partial charge in [-0.25, -0.2) is 0 Å². The molecule has 1 aliphatic carbocycles. The molecule has 12 heavy (non-hydrogen) atoms. The Labute approximate surface area is 75.8 Å². The summed E-state index contributed by atoms with van der Waals surface area (Å²) in [5.74, 6) is 5.33. The fraction of sp³-hybridized carbons (Fsp3) is 0.182. The van der Waals surface area contributed by atoms with Crippen molar-refractivity contribution < 1.29 is 0 Å². The number of terminal acetylenes is 2. The van der Waals surface area contributed by atoms with Crippen LogP contribution in [0.2, 0.25) is 6.55 Å². The SMILES string of the molecule is C#CC1=CC=C(C#C)C(=[SiH]C)C1. The van der Waals surface area contributed by atoms with E-state index in [0.717, 1.165) is 17.6 Å². The molecule has 0 saturated carbocycles. The van der Waals surface area contributed by atoms with Crippen molar-refractivity contribution in [2.75, 3.05) is 0 Å². The van der Waals surface area contributed by atoms with E-state index >= 15 is 0 Å². The van der Waals surface area contributed by atoms with Gasteiger partial charge >= 0.3 is 0 Å². The summed E-state index contributed by atoms with van der Waals surface area (Å²) in [6.07, 6.45) is 15.4. The lowest BCUT2D eigenvalue weighted by atomic mass is 9.99. The molecule has 0 radical (unpaired) electrons. The highest BCUT2D eigenvalue weighted by Crippen LogP contribution is 2.13. The summed E-state index contributed by atoms with van der Waals surface area (Å²) in [4.78, 5) is 0. The first-order valence-corrected chi connectivity index (χ1v) is 5.54. The molecule has 1 aliphatic rings. The Kier molecular flexibility index (Phi) is 2.86. The van der Waals surface area contributed by atoms with Crippen LogP contribution in [0.25, 0.3) is 0 Å². The molecule has 0 unspecified atom stereocenters. The lowest BCUT2D eigenvalue weighted by Crippen LogP contribution is -2.09. The van der Waals surface area contributed by atoms with Crippen molar-refractivity contribution in [2.24, 2.45) is 0 Å². The molecule has 0 heterocycles. The summed E-state index contributed by atoms with van der Waals surface area (Å²) in [5, 5.41) is 1.35. The van der Waals surface area contributed by atoms with Gasteiger partial charge in [0, 0.05) is 17.6 Å². The average molecular weight is 170 g/mol. The third-order valence-corrected chi connectivity index (χ3v) is 3.08. The van der Waals surface area contributed by atoms with Crippen molar-refractivity contribution in [1.29, 1.82) is 0 Å².